The third-order valence-electron chi connectivity index (χ3n) is 5.86. The number of fused-ring (bicyclic) bond motifs is 2. The zero-order chi connectivity index (χ0) is 19.1. The summed E-state index contributed by atoms with van der Waals surface area (Å²) in [5.41, 5.74) is -0.998. The highest BCUT2D eigenvalue weighted by Crippen LogP contribution is 2.29. The van der Waals surface area contributed by atoms with E-state index in [1.165, 1.54) is 10.8 Å². The van der Waals surface area contributed by atoms with E-state index in [1.54, 1.807) is 4.90 Å². The molecule has 0 spiro atoms. The molecule has 2 N–H and O–H groups in total. The molecule has 1 aliphatic carbocycles. The van der Waals surface area contributed by atoms with E-state index in [-0.39, 0.29) is 29.9 Å². The van der Waals surface area contributed by atoms with Gasteiger partial charge < -0.3 is 24.6 Å². The molecule has 0 unspecified atom stereocenters. The van der Waals surface area contributed by atoms with Crippen molar-refractivity contribution in [3.05, 3.63) is 27.7 Å². The Kier molecular flexibility index (Phi) is 4.67. The van der Waals surface area contributed by atoms with Crippen LogP contribution >= 0.6 is 0 Å². The van der Waals surface area contributed by atoms with Crippen LogP contribution in [0.5, 0.6) is 5.75 Å². The summed E-state index contributed by atoms with van der Waals surface area (Å²) in [6.07, 6.45) is 6.69. The summed E-state index contributed by atoms with van der Waals surface area (Å²) in [5.74, 6) is -1.59. The summed E-state index contributed by atoms with van der Waals surface area (Å²) in [6.45, 7) is 2.75. The van der Waals surface area contributed by atoms with E-state index in [9.17, 15) is 19.5 Å². The second-order valence-corrected chi connectivity index (χ2v) is 7.71. The Morgan fingerprint density at radius 1 is 1.22 bits per heavy atom. The summed E-state index contributed by atoms with van der Waals surface area (Å²) in [7, 11) is 0. The number of hydrogen-bond donors (Lipinski definition) is 2. The van der Waals surface area contributed by atoms with E-state index >= 15 is 0 Å². The van der Waals surface area contributed by atoms with E-state index < -0.39 is 29.2 Å². The molecule has 27 heavy (non-hydrogen) atoms. The standard InChI is InChI=1S/C19H25N3O5/c1-11-7-8-27-14-10-21-9-13(18(25)20-12-5-3-2-4-6-12)16(23)17(24)15(21)19(26)22(11)14/h9,11-12,14,24H,2-8,10H2,1H3,(H,20,25)/t11-,14+/m1/s1. The number of nitrogens with one attached hydrogen (secondary N) is 1. The highest BCUT2D eigenvalue weighted by Gasteiger charge is 2.41. The summed E-state index contributed by atoms with van der Waals surface area (Å²) >= 11 is 0. The lowest BCUT2D eigenvalue weighted by molar-refractivity contribution is -0.112. The summed E-state index contributed by atoms with van der Waals surface area (Å²) in [6, 6.07) is 0.0160. The van der Waals surface area contributed by atoms with E-state index in [4.69, 9.17) is 4.74 Å². The Hall–Kier alpha value is -2.35. The Bertz CT molecular complexity index is 827. The van der Waals surface area contributed by atoms with Crippen molar-refractivity contribution in [2.75, 3.05) is 6.61 Å². The monoisotopic (exact) mass is 375 g/mol. The lowest BCUT2D eigenvalue weighted by Crippen LogP contribution is -2.57. The molecule has 0 aromatic carbocycles. The van der Waals surface area contributed by atoms with Gasteiger partial charge in [0.2, 0.25) is 5.43 Å². The number of aromatic hydroxyl groups is 1. The van der Waals surface area contributed by atoms with E-state index in [2.05, 4.69) is 5.32 Å². The number of hydrogen-bond acceptors (Lipinski definition) is 5. The van der Waals surface area contributed by atoms with Crippen molar-refractivity contribution in [3.63, 3.8) is 0 Å². The SMILES string of the molecule is C[C@@H]1CCO[C@H]2Cn3cc(C(=O)NC4CCCCC4)c(=O)c(O)c3C(=O)N12. The first-order valence-electron chi connectivity index (χ1n) is 9.69. The molecule has 8 heteroatoms. The van der Waals surface area contributed by atoms with Gasteiger partial charge in [-0.1, -0.05) is 19.3 Å². The van der Waals surface area contributed by atoms with Gasteiger partial charge in [0.15, 0.2) is 17.7 Å². The average Bonchev–Trinajstić information content (AvgIpc) is 2.65. The molecule has 2 amide bonds. The number of carbonyl (C=O) groups is 2. The van der Waals surface area contributed by atoms with Crippen LogP contribution in [0.2, 0.25) is 0 Å². The van der Waals surface area contributed by atoms with Crippen molar-refractivity contribution >= 4 is 11.8 Å². The molecule has 4 rings (SSSR count). The Labute approximate surface area is 157 Å². The topological polar surface area (TPSA) is 101 Å². The number of ether oxygens (including phenoxy) is 1. The van der Waals surface area contributed by atoms with E-state index in [1.807, 2.05) is 6.92 Å². The van der Waals surface area contributed by atoms with Gasteiger partial charge in [-0.2, -0.15) is 0 Å². The van der Waals surface area contributed by atoms with Crippen LogP contribution in [0.4, 0.5) is 0 Å². The van der Waals surface area contributed by atoms with Gasteiger partial charge in [0.1, 0.15) is 5.56 Å². The molecule has 0 radical (unpaired) electrons. The molecule has 3 aliphatic rings. The molecule has 2 aliphatic heterocycles. The van der Waals surface area contributed by atoms with Crippen LogP contribution in [0.3, 0.4) is 0 Å². The van der Waals surface area contributed by atoms with Crippen LogP contribution in [-0.4, -0.2) is 51.3 Å². The van der Waals surface area contributed by atoms with Crippen LogP contribution in [0.15, 0.2) is 11.0 Å². The van der Waals surface area contributed by atoms with Crippen molar-refractivity contribution < 1.29 is 19.4 Å². The third-order valence-corrected chi connectivity index (χ3v) is 5.86. The normalized spacial score (nSPS) is 25.7. The molecular formula is C19H25N3O5. The van der Waals surface area contributed by atoms with Gasteiger partial charge in [0, 0.05) is 18.3 Å². The van der Waals surface area contributed by atoms with Crippen molar-refractivity contribution in [1.82, 2.24) is 14.8 Å². The minimum atomic E-state index is -0.799. The first-order valence-corrected chi connectivity index (χ1v) is 9.69. The van der Waals surface area contributed by atoms with Gasteiger partial charge >= 0.3 is 0 Å². The molecular weight excluding hydrogens is 350 g/mol. The molecule has 2 fully saturated rings. The Morgan fingerprint density at radius 2 is 1.96 bits per heavy atom. The average molecular weight is 375 g/mol. The molecule has 1 aromatic heterocycles. The molecule has 1 saturated heterocycles. The maximum absolute atomic E-state index is 12.9. The number of aromatic nitrogens is 1. The molecule has 2 atom stereocenters. The fourth-order valence-electron chi connectivity index (χ4n) is 4.33. The lowest BCUT2D eigenvalue weighted by Gasteiger charge is -2.44. The van der Waals surface area contributed by atoms with Crippen molar-refractivity contribution in [3.8, 4) is 5.75 Å². The summed E-state index contributed by atoms with van der Waals surface area (Å²) in [5, 5.41) is 13.3. The minimum Gasteiger partial charge on any atom is -0.503 e. The van der Waals surface area contributed by atoms with Crippen LogP contribution in [0.25, 0.3) is 0 Å². The highest BCUT2D eigenvalue weighted by molar-refractivity contribution is 5.99. The van der Waals surface area contributed by atoms with Gasteiger partial charge in [-0.3, -0.25) is 14.4 Å². The van der Waals surface area contributed by atoms with Gasteiger partial charge in [0.25, 0.3) is 11.8 Å². The van der Waals surface area contributed by atoms with Crippen molar-refractivity contribution in [2.24, 2.45) is 0 Å². The summed E-state index contributed by atoms with van der Waals surface area (Å²) < 4.78 is 7.18. The van der Waals surface area contributed by atoms with Gasteiger partial charge in [0.05, 0.1) is 13.2 Å². The largest absolute Gasteiger partial charge is 0.503 e. The van der Waals surface area contributed by atoms with Gasteiger partial charge in [-0.25, -0.2) is 0 Å². The Balaban J connectivity index is 1.67. The molecule has 1 aromatic rings. The molecule has 146 valence electrons. The van der Waals surface area contributed by atoms with Crippen LogP contribution in [-0.2, 0) is 11.3 Å². The van der Waals surface area contributed by atoms with Crippen LogP contribution < -0.4 is 10.7 Å². The second-order valence-electron chi connectivity index (χ2n) is 7.71. The molecule has 0 bridgehead atoms. The predicted octanol–water partition coefficient (Wildman–Crippen LogP) is 1.21. The van der Waals surface area contributed by atoms with E-state index in [0.29, 0.717) is 13.0 Å². The predicted molar refractivity (Wildman–Crippen MR) is 96.7 cm³/mol. The number of carbonyl (C=O) groups excluding carboxylic acids is 2. The maximum Gasteiger partial charge on any atom is 0.276 e. The first kappa shape index (κ1) is 18.0. The zero-order valence-corrected chi connectivity index (χ0v) is 15.4. The molecule has 3 heterocycles. The lowest BCUT2D eigenvalue weighted by atomic mass is 9.95. The van der Waals surface area contributed by atoms with Gasteiger partial charge in [-0.05, 0) is 26.2 Å². The quantitative estimate of drug-likeness (QED) is 0.809. The second kappa shape index (κ2) is 6.99. The number of nitrogens with zero attached hydrogens (tertiary/aromatic N) is 2. The number of amides is 2. The fourth-order valence-corrected chi connectivity index (χ4v) is 4.33. The van der Waals surface area contributed by atoms with Crippen molar-refractivity contribution in [2.45, 2.75) is 70.3 Å². The summed E-state index contributed by atoms with van der Waals surface area (Å²) in [4.78, 5) is 39.6. The zero-order valence-electron chi connectivity index (χ0n) is 15.4. The molecule has 8 nitrogen and oxygen atoms in total. The smallest absolute Gasteiger partial charge is 0.276 e. The van der Waals surface area contributed by atoms with E-state index in [0.717, 1.165) is 32.1 Å². The first-order chi connectivity index (χ1) is 13.0. The highest BCUT2D eigenvalue weighted by atomic mass is 16.5. The third kappa shape index (κ3) is 3.12. The minimum absolute atomic E-state index is 0.0335. The number of pyridine rings is 1. The Morgan fingerprint density at radius 3 is 2.70 bits per heavy atom. The number of rotatable bonds is 2. The van der Waals surface area contributed by atoms with Crippen LogP contribution in [0, 0.1) is 0 Å². The maximum atomic E-state index is 12.9. The fraction of sp³-hybridized carbons (Fsp3) is 0.632. The van der Waals surface area contributed by atoms with Crippen molar-refractivity contribution in [1.29, 1.82) is 0 Å². The van der Waals surface area contributed by atoms with Gasteiger partial charge in [-0.15, -0.1) is 0 Å². The molecule has 1 saturated carbocycles. The van der Waals surface area contributed by atoms with Crippen LogP contribution in [0.1, 0.15) is 66.3 Å².